The van der Waals surface area contributed by atoms with Crippen molar-refractivity contribution in [3.8, 4) is 0 Å². The number of rotatable bonds is 4. The summed E-state index contributed by atoms with van der Waals surface area (Å²) in [5, 5.41) is 2.43. The molecule has 3 heteroatoms. The van der Waals surface area contributed by atoms with Gasteiger partial charge in [-0.3, -0.25) is 0 Å². The first-order valence-corrected chi connectivity index (χ1v) is 7.89. The molecule has 0 fully saturated rings. The zero-order valence-electron chi connectivity index (χ0n) is 11.2. The van der Waals surface area contributed by atoms with Gasteiger partial charge in [0, 0.05) is 10.8 Å². The number of hydrogen-bond acceptors (Lipinski definition) is 2. The van der Waals surface area contributed by atoms with Crippen molar-refractivity contribution < 1.29 is 8.42 Å². The lowest BCUT2D eigenvalue weighted by Gasteiger charge is -1.95. The number of benzene rings is 2. The van der Waals surface area contributed by atoms with E-state index in [0.29, 0.717) is 0 Å². The van der Waals surface area contributed by atoms with E-state index in [-0.39, 0.29) is 0 Å². The summed E-state index contributed by atoms with van der Waals surface area (Å²) < 4.78 is 23.7. The van der Waals surface area contributed by atoms with Gasteiger partial charge in [0.05, 0.1) is 0 Å². The van der Waals surface area contributed by atoms with E-state index < -0.39 is 9.84 Å². The zero-order chi connectivity index (χ0) is 14.4. The lowest BCUT2D eigenvalue weighted by Crippen LogP contribution is -1.88. The standard InChI is InChI=1S/C17H16O2S/c1-15-7-9-17(10-8-15)12-14-20(18,19)13-11-16-5-3-2-4-6-16/h2-14H,1H3/b13-11+,14-12+. The van der Waals surface area contributed by atoms with Crippen LogP contribution in [-0.2, 0) is 9.84 Å². The summed E-state index contributed by atoms with van der Waals surface area (Å²) in [7, 11) is -3.35. The molecule has 0 amide bonds. The quantitative estimate of drug-likeness (QED) is 0.848. The summed E-state index contributed by atoms with van der Waals surface area (Å²) in [6.45, 7) is 1.99. The Morgan fingerprint density at radius 2 is 1.25 bits per heavy atom. The Hall–Kier alpha value is -2.13. The molecule has 20 heavy (non-hydrogen) atoms. The highest BCUT2D eigenvalue weighted by Gasteiger charge is 1.99. The molecule has 0 bridgehead atoms. The highest BCUT2D eigenvalue weighted by Crippen LogP contribution is 2.09. The molecule has 2 aromatic rings. The van der Waals surface area contributed by atoms with E-state index in [1.54, 1.807) is 12.2 Å². The number of aryl methyl sites for hydroxylation is 1. The van der Waals surface area contributed by atoms with Gasteiger partial charge in [-0.2, -0.15) is 0 Å². The Kier molecular flexibility index (Phi) is 4.53. The summed E-state index contributed by atoms with van der Waals surface area (Å²) in [6.07, 6.45) is 3.19. The van der Waals surface area contributed by atoms with E-state index in [4.69, 9.17) is 0 Å². The highest BCUT2D eigenvalue weighted by molar-refractivity contribution is 7.97. The third-order valence-corrected chi connectivity index (χ3v) is 3.81. The molecular formula is C17H16O2S. The molecule has 0 unspecified atom stereocenters. The van der Waals surface area contributed by atoms with Crippen molar-refractivity contribution >= 4 is 22.0 Å². The van der Waals surface area contributed by atoms with Crippen LogP contribution in [-0.4, -0.2) is 8.42 Å². The van der Waals surface area contributed by atoms with Gasteiger partial charge in [-0.15, -0.1) is 0 Å². The molecule has 0 spiro atoms. The monoisotopic (exact) mass is 284 g/mol. The predicted molar refractivity (Wildman–Crippen MR) is 84.6 cm³/mol. The van der Waals surface area contributed by atoms with Gasteiger partial charge in [-0.1, -0.05) is 60.2 Å². The van der Waals surface area contributed by atoms with Crippen LogP contribution in [0, 0.1) is 6.92 Å². The first kappa shape index (κ1) is 14.3. The Morgan fingerprint density at radius 1 is 0.750 bits per heavy atom. The molecule has 0 heterocycles. The predicted octanol–water partition coefficient (Wildman–Crippen LogP) is 4.05. The molecule has 0 aliphatic carbocycles. The minimum absolute atomic E-state index is 0.861. The maximum absolute atomic E-state index is 11.9. The second kappa shape index (κ2) is 6.35. The molecule has 102 valence electrons. The second-order valence-electron chi connectivity index (χ2n) is 4.52. The molecule has 2 nitrogen and oxygen atoms in total. The summed E-state index contributed by atoms with van der Waals surface area (Å²) >= 11 is 0. The SMILES string of the molecule is Cc1ccc(/C=C/S(=O)(=O)/C=C/c2ccccc2)cc1. The molecule has 0 saturated carbocycles. The molecule has 2 rings (SSSR count). The summed E-state index contributed by atoms with van der Waals surface area (Å²) in [5.74, 6) is 0. The molecule has 0 radical (unpaired) electrons. The minimum atomic E-state index is -3.35. The van der Waals surface area contributed by atoms with Crippen molar-refractivity contribution in [2.75, 3.05) is 0 Å². The Balaban J connectivity index is 2.11. The third kappa shape index (κ3) is 4.52. The van der Waals surface area contributed by atoms with Gasteiger partial charge in [-0.05, 0) is 30.2 Å². The summed E-state index contributed by atoms with van der Waals surface area (Å²) in [5.41, 5.74) is 2.88. The number of hydrogen-bond donors (Lipinski definition) is 0. The van der Waals surface area contributed by atoms with Crippen LogP contribution in [0.25, 0.3) is 12.2 Å². The fraction of sp³-hybridized carbons (Fsp3) is 0.0588. The normalized spacial score (nSPS) is 12.2. The highest BCUT2D eigenvalue weighted by atomic mass is 32.2. The zero-order valence-corrected chi connectivity index (χ0v) is 12.0. The topological polar surface area (TPSA) is 34.1 Å². The first-order chi connectivity index (χ1) is 9.55. The van der Waals surface area contributed by atoms with Crippen LogP contribution in [0.1, 0.15) is 16.7 Å². The Labute approximate surface area is 120 Å². The Bertz CT molecular complexity index is 709. The molecule has 2 aromatic carbocycles. The number of sulfone groups is 1. The minimum Gasteiger partial charge on any atom is -0.220 e. The van der Waals surface area contributed by atoms with E-state index in [1.165, 1.54) is 10.8 Å². The molecule has 0 N–H and O–H groups in total. The van der Waals surface area contributed by atoms with E-state index in [2.05, 4.69) is 0 Å². The van der Waals surface area contributed by atoms with Crippen LogP contribution in [0.2, 0.25) is 0 Å². The van der Waals surface area contributed by atoms with Crippen LogP contribution >= 0.6 is 0 Å². The van der Waals surface area contributed by atoms with E-state index in [0.717, 1.165) is 16.7 Å². The first-order valence-electron chi connectivity index (χ1n) is 6.28. The van der Waals surface area contributed by atoms with Gasteiger partial charge in [0.2, 0.25) is 0 Å². The van der Waals surface area contributed by atoms with Gasteiger partial charge >= 0.3 is 0 Å². The van der Waals surface area contributed by atoms with E-state index >= 15 is 0 Å². The molecular weight excluding hydrogens is 268 g/mol. The maximum Gasteiger partial charge on any atom is 0.193 e. The summed E-state index contributed by atoms with van der Waals surface area (Å²) in [4.78, 5) is 0. The molecule has 0 aliphatic rings. The van der Waals surface area contributed by atoms with Gasteiger partial charge in [0.15, 0.2) is 9.84 Å². The maximum atomic E-state index is 11.9. The smallest absolute Gasteiger partial charge is 0.193 e. The van der Waals surface area contributed by atoms with Crippen molar-refractivity contribution in [3.63, 3.8) is 0 Å². The van der Waals surface area contributed by atoms with Crippen LogP contribution in [0.3, 0.4) is 0 Å². The van der Waals surface area contributed by atoms with Crippen molar-refractivity contribution in [1.29, 1.82) is 0 Å². The average Bonchev–Trinajstić information content (AvgIpc) is 2.46. The molecule has 0 aliphatic heterocycles. The van der Waals surface area contributed by atoms with Crippen LogP contribution in [0.15, 0.2) is 65.4 Å². The fourth-order valence-corrected chi connectivity index (χ4v) is 2.42. The lowest BCUT2D eigenvalue weighted by molar-refractivity contribution is 0.613. The van der Waals surface area contributed by atoms with Gasteiger partial charge in [0.25, 0.3) is 0 Å². The average molecular weight is 284 g/mol. The molecule has 0 aromatic heterocycles. The van der Waals surface area contributed by atoms with E-state index in [1.807, 2.05) is 61.5 Å². The molecule has 0 atom stereocenters. The second-order valence-corrected chi connectivity index (χ2v) is 6.24. The van der Waals surface area contributed by atoms with Crippen molar-refractivity contribution in [3.05, 3.63) is 82.1 Å². The van der Waals surface area contributed by atoms with Crippen molar-refractivity contribution in [1.82, 2.24) is 0 Å². The van der Waals surface area contributed by atoms with E-state index in [9.17, 15) is 8.42 Å². The van der Waals surface area contributed by atoms with Crippen molar-refractivity contribution in [2.24, 2.45) is 0 Å². The van der Waals surface area contributed by atoms with Crippen LogP contribution in [0.5, 0.6) is 0 Å². The third-order valence-electron chi connectivity index (χ3n) is 2.78. The Morgan fingerprint density at radius 3 is 1.80 bits per heavy atom. The summed E-state index contributed by atoms with van der Waals surface area (Å²) in [6, 6.07) is 17.0. The van der Waals surface area contributed by atoms with Gasteiger partial charge < -0.3 is 0 Å². The van der Waals surface area contributed by atoms with Crippen molar-refractivity contribution in [2.45, 2.75) is 6.92 Å². The van der Waals surface area contributed by atoms with Gasteiger partial charge in [0.1, 0.15) is 0 Å². The fourth-order valence-electron chi connectivity index (χ4n) is 1.63. The van der Waals surface area contributed by atoms with Crippen LogP contribution < -0.4 is 0 Å². The lowest BCUT2D eigenvalue weighted by atomic mass is 10.2. The molecule has 0 saturated heterocycles. The largest absolute Gasteiger partial charge is 0.220 e. The van der Waals surface area contributed by atoms with Gasteiger partial charge in [-0.25, -0.2) is 8.42 Å². The van der Waals surface area contributed by atoms with Crippen LogP contribution in [0.4, 0.5) is 0 Å².